The van der Waals surface area contributed by atoms with E-state index in [1.807, 2.05) is 44.6 Å². The van der Waals surface area contributed by atoms with E-state index in [2.05, 4.69) is 28.7 Å². The van der Waals surface area contributed by atoms with Crippen LogP contribution in [-0.4, -0.2) is 15.3 Å². The van der Waals surface area contributed by atoms with E-state index in [1.54, 1.807) is 0 Å². The molecule has 1 N–H and O–H groups in total. The Hall–Kier alpha value is -2.17. The standard InChI is InChI=1S/C16H21N3O2/c1-11(2)19-10-17-8-13(19)9-18-12-5-6-14-15(7-12)21-16(3,4)20-14/h5-8,10-11,18H,9H2,1-4H3. The largest absolute Gasteiger partial charge is 0.449 e. The summed E-state index contributed by atoms with van der Waals surface area (Å²) < 4.78 is 13.6. The van der Waals surface area contributed by atoms with Gasteiger partial charge in [0.1, 0.15) is 0 Å². The van der Waals surface area contributed by atoms with Crippen molar-refractivity contribution in [3.05, 3.63) is 36.4 Å². The number of nitrogens with zero attached hydrogens (tertiary/aromatic N) is 2. The molecule has 2 aromatic rings. The van der Waals surface area contributed by atoms with Crippen LogP contribution >= 0.6 is 0 Å². The van der Waals surface area contributed by atoms with Gasteiger partial charge < -0.3 is 19.4 Å². The summed E-state index contributed by atoms with van der Waals surface area (Å²) in [7, 11) is 0. The number of nitrogens with one attached hydrogen (secondary N) is 1. The van der Waals surface area contributed by atoms with Gasteiger partial charge in [0.25, 0.3) is 0 Å². The molecular weight excluding hydrogens is 266 g/mol. The molecule has 5 nitrogen and oxygen atoms in total. The van der Waals surface area contributed by atoms with Gasteiger partial charge in [-0.1, -0.05) is 0 Å². The van der Waals surface area contributed by atoms with Crippen molar-refractivity contribution in [1.29, 1.82) is 0 Å². The normalized spacial score (nSPS) is 15.5. The van der Waals surface area contributed by atoms with Gasteiger partial charge in [-0.25, -0.2) is 4.98 Å². The van der Waals surface area contributed by atoms with Gasteiger partial charge in [-0.05, 0) is 26.0 Å². The van der Waals surface area contributed by atoms with Crippen LogP contribution in [0.15, 0.2) is 30.7 Å². The van der Waals surface area contributed by atoms with Crippen molar-refractivity contribution in [3.8, 4) is 11.5 Å². The van der Waals surface area contributed by atoms with Crippen molar-refractivity contribution in [1.82, 2.24) is 9.55 Å². The molecule has 0 bridgehead atoms. The maximum Gasteiger partial charge on any atom is 0.246 e. The zero-order chi connectivity index (χ0) is 15.0. The summed E-state index contributed by atoms with van der Waals surface area (Å²) >= 11 is 0. The van der Waals surface area contributed by atoms with Gasteiger partial charge in [0.2, 0.25) is 5.79 Å². The average molecular weight is 287 g/mol. The second-order valence-electron chi connectivity index (χ2n) is 6.01. The Morgan fingerprint density at radius 1 is 1.24 bits per heavy atom. The van der Waals surface area contributed by atoms with Crippen LogP contribution in [0, 0.1) is 0 Å². The Kier molecular flexibility index (Phi) is 3.27. The van der Waals surface area contributed by atoms with E-state index in [0.29, 0.717) is 6.04 Å². The van der Waals surface area contributed by atoms with E-state index in [0.717, 1.165) is 29.4 Å². The number of rotatable bonds is 4. The van der Waals surface area contributed by atoms with Crippen molar-refractivity contribution in [2.45, 2.75) is 46.1 Å². The number of ether oxygens (including phenoxy) is 2. The first kappa shape index (κ1) is 13.8. The van der Waals surface area contributed by atoms with E-state index in [4.69, 9.17) is 9.47 Å². The molecule has 5 heteroatoms. The number of hydrogen-bond donors (Lipinski definition) is 1. The van der Waals surface area contributed by atoms with E-state index in [9.17, 15) is 0 Å². The lowest BCUT2D eigenvalue weighted by molar-refractivity contribution is -0.0431. The zero-order valence-electron chi connectivity index (χ0n) is 12.9. The lowest BCUT2D eigenvalue weighted by Crippen LogP contribution is -2.29. The van der Waals surface area contributed by atoms with E-state index < -0.39 is 5.79 Å². The predicted octanol–water partition coefficient (Wildman–Crippen LogP) is 3.58. The highest BCUT2D eigenvalue weighted by Gasteiger charge is 2.31. The Labute approximate surface area is 124 Å². The third-order valence-electron chi connectivity index (χ3n) is 3.43. The molecule has 0 fully saturated rings. The van der Waals surface area contributed by atoms with Crippen LogP contribution in [0.4, 0.5) is 5.69 Å². The van der Waals surface area contributed by atoms with Crippen LogP contribution in [0.3, 0.4) is 0 Å². The van der Waals surface area contributed by atoms with Crippen molar-refractivity contribution in [2.75, 3.05) is 5.32 Å². The minimum atomic E-state index is -0.586. The van der Waals surface area contributed by atoms with Gasteiger partial charge in [-0.15, -0.1) is 0 Å². The molecule has 0 saturated heterocycles. The molecule has 0 unspecified atom stereocenters. The molecule has 0 atom stereocenters. The molecule has 3 rings (SSSR count). The topological polar surface area (TPSA) is 48.3 Å². The molecule has 0 radical (unpaired) electrons. The van der Waals surface area contributed by atoms with Crippen molar-refractivity contribution >= 4 is 5.69 Å². The second kappa shape index (κ2) is 4.98. The Bertz CT molecular complexity index is 647. The molecule has 112 valence electrons. The number of anilines is 1. The number of imidazole rings is 1. The zero-order valence-corrected chi connectivity index (χ0v) is 12.9. The van der Waals surface area contributed by atoms with Gasteiger partial charge in [-0.2, -0.15) is 0 Å². The smallest absolute Gasteiger partial charge is 0.246 e. The quantitative estimate of drug-likeness (QED) is 0.933. The first-order valence-corrected chi connectivity index (χ1v) is 7.21. The third-order valence-corrected chi connectivity index (χ3v) is 3.43. The van der Waals surface area contributed by atoms with Crippen LogP contribution in [0.5, 0.6) is 11.5 Å². The van der Waals surface area contributed by atoms with Crippen LogP contribution < -0.4 is 14.8 Å². The molecular formula is C16H21N3O2. The minimum absolute atomic E-state index is 0.404. The van der Waals surface area contributed by atoms with Crippen LogP contribution in [0.1, 0.15) is 39.4 Å². The predicted molar refractivity (Wildman–Crippen MR) is 81.7 cm³/mol. The summed E-state index contributed by atoms with van der Waals surface area (Å²) in [4.78, 5) is 4.21. The fraction of sp³-hybridized carbons (Fsp3) is 0.438. The maximum atomic E-state index is 5.75. The number of fused-ring (bicyclic) bond motifs is 1. The first-order chi connectivity index (χ1) is 9.94. The summed E-state index contributed by atoms with van der Waals surface area (Å²) in [6.07, 6.45) is 3.76. The summed E-state index contributed by atoms with van der Waals surface area (Å²) in [5.74, 6) is 0.983. The minimum Gasteiger partial charge on any atom is -0.449 e. The lowest BCUT2D eigenvalue weighted by Gasteiger charge is -2.16. The van der Waals surface area contributed by atoms with Crippen molar-refractivity contribution in [2.24, 2.45) is 0 Å². The average Bonchev–Trinajstić information content (AvgIpc) is 2.97. The molecule has 0 spiro atoms. The van der Waals surface area contributed by atoms with Gasteiger partial charge >= 0.3 is 0 Å². The molecule has 1 aliphatic heterocycles. The molecule has 21 heavy (non-hydrogen) atoms. The first-order valence-electron chi connectivity index (χ1n) is 7.21. The Balaban J connectivity index is 1.71. The van der Waals surface area contributed by atoms with Gasteiger partial charge in [0.15, 0.2) is 11.5 Å². The Morgan fingerprint density at radius 2 is 2.00 bits per heavy atom. The van der Waals surface area contributed by atoms with E-state index >= 15 is 0 Å². The molecule has 1 aliphatic rings. The van der Waals surface area contributed by atoms with E-state index in [1.165, 1.54) is 0 Å². The number of hydrogen-bond acceptors (Lipinski definition) is 4. The fourth-order valence-corrected chi connectivity index (χ4v) is 2.46. The lowest BCUT2D eigenvalue weighted by atomic mass is 10.2. The highest BCUT2D eigenvalue weighted by molar-refractivity contribution is 5.56. The maximum absolute atomic E-state index is 5.75. The van der Waals surface area contributed by atoms with Gasteiger partial charge in [0.05, 0.1) is 18.6 Å². The molecule has 1 aromatic heterocycles. The van der Waals surface area contributed by atoms with Crippen molar-refractivity contribution < 1.29 is 9.47 Å². The molecule has 2 heterocycles. The highest BCUT2D eigenvalue weighted by atomic mass is 16.7. The van der Waals surface area contributed by atoms with Crippen LogP contribution in [-0.2, 0) is 6.54 Å². The summed E-state index contributed by atoms with van der Waals surface area (Å²) in [6.45, 7) is 8.82. The number of benzene rings is 1. The monoisotopic (exact) mass is 287 g/mol. The fourth-order valence-electron chi connectivity index (χ4n) is 2.46. The molecule has 0 aliphatic carbocycles. The van der Waals surface area contributed by atoms with Gasteiger partial charge in [-0.3, -0.25) is 0 Å². The molecule has 0 saturated carbocycles. The number of aromatic nitrogens is 2. The third kappa shape index (κ3) is 2.82. The summed E-state index contributed by atoms with van der Waals surface area (Å²) in [5, 5.41) is 3.40. The van der Waals surface area contributed by atoms with E-state index in [-0.39, 0.29) is 0 Å². The summed E-state index contributed by atoms with van der Waals surface area (Å²) in [6, 6.07) is 6.31. The SMILES string of the molecule is CC(C)n1cncc1CNc1ccc2c(c1)OC(C)(C)O2. The summed E-state index contributed by atoms with van der Waals surface area (Å²) in [5.41, 5.74) is 2.16. The van der Waals surface area contributed by atoms with Crippen molar-refractivity contribution in [3.63, 3.8) is 0 Å². The molecule has 0 amide bonds. The highest BCUT2D eigenvalue weighted by Crippen LogP contribution is 2.40. The Morgan fingerprint density at radius 3 is 2.76 bits per heavy atom. The van der Waals surface area contributed by atoms with Crippen LogP contribution in [0.2, 0.25) is 0 Å². The van der Waals surface area contributed by atoms with Crippen LogP contribution in [0.25, 0.3) is 0 Å². The van der Waals surface area contributed by atoms with Gasteiger partial charge in [0, 0.05) is 37.8 Å². The second-order valence-corrected chi connectivity index (χ2v) is 6.01. The molecule has 1 aromatic carbocycles.